The third kappa shape index (κ3) is 1.74. The minimum absolute atomic E-state index is 0.150. The summed E-state index contributed by atoms with van der Waals surface area (Å²) in [5.74, 6) is 0.396. The summed E-state index contributed by atoms with van der Waals surface area (Å²) in [6.07, 6.45) is 1.46. The summed E-state index contributed by atoms with van der Waals surface area (Å²) in [4.78, 5) is 14.7. The van der Waals surface area contributed by atoms with Gasteiger partial charge in [-0.1, -0.05) is 11.6 Å². The van der Waals surface area contributed by atoms with E-state index in [0.717, 1.165) is 0 Å². The summed E-state index contributed by atoms with van der Waals surface area (Å²) in [5.41, 5.74) is 0.275. The molecule has 0 amide bonds. The number of nitrogens with zero attached hydrogens (tertiary/aromatic N) is 1. The number of hydrogen-bond acceptors (Lipinski definition) is 3. The van der Waals surface area contributed by atoms with Crippen LogP contribution in [-0.2, 0) is 0 Å². The van der Waals surface area contributed by atoms with Gasteiger partial charge in [-0.2, -0.15) is 0 Å². The molecule has 0 aliphatic heterocycles. The molecule has 1 rings (SSSR count). The van der Waals surface area contributed by atoms with Crippen molar-refractivity contribution in [1.82, 2.24) is 4.98 Å². The first-order chi connectivity index (χ1) is 5.65. The van der Waals surface area contributed by atoms with Crippen LogP contribution in [0.15, 0.2) is 12.3 Å². The van der Waals surface area contributed by atoms with Crippen LogP contribution < -0.4 is 4.74 Å². The van der Waals surface area contributed by atoms with Crippen LogP contribution in [0.5, 0.6) is 5.75 Å². The van der Waals surface area contributed by atoms with Crippen molar-refractivity contribution in [2.45, 2.75) is 6.92 Å². The SMILES string of the molecule is COc1cnc(C(C)=O)c(Cl)c1. The molecule has 1 heterocycles. The normalized spacial score (nSPS) is 9.58. The van der Waals surface area contributed by atoms with Crippen molar-refractivity contribution in [1.29, 1.82) is 0 Å². The lowest BCUT2D eigenvalue weighted by molar-refractivity contribution is 0.101. The van der Waals surface area contributed by atoms with Gasteiger partial charge in [0.25, 0.3) is 0 Å². The van der Waals surface area contributed by atoms with Gasteiger partial charge in [0.05, 0.1) is 18.3 Å². The summed E-state index contributed by atoms with van der Waals surface area (Å²) in [6, 6.07) is 1.56. The average molecular weight is 186 g/mol. The van der Waals surface area contributed by atoms with E-state index in [9.17, 15) is 4.79 Å². The van der Waals surface area contributed by atoms with E-state index in [0.29, 0.717) is 10.8 Å². The first kappa shape index (κ1) is 9.00. The van der Waals surface area contributed by atoms with Gasteiger partial charge < -0.3 is 4.74 Å². The standard InChI is InChI=1S/C8H8ClNO2/c1-5(11)8-7(9)3-6(12-2)4-10-8/h3-4H,1-2H3. The van der Waals surface area contributed by atoms with Gasteiger partial charge in [0, 0.05) is 13.0 Å². The Bertz CT molecular complexity index is 312. The predicted molar refractivity (Wildman–Crippen MR) is 45.8 cm³/mol. The molecule has 1 aromatic heterocycles. The third-order valence-corrected chi connectivity index (χ3v) is 1.67. The van der Waals surface area contributed by atoms with Gasteiger partial charge in [-0.3, -0.25) is 4.79 Å². The lowest BCUT2D eigenvalue weighted by Crippen LogP contribution is -1.98. The van der Waals surface area contributed by atoms with Crippen molar-refractivity contribution in [2.75, 3.05) is 7.11 Å². The van der Waals surface area contributed by atoms with Crippen molar-refractivity contribution in [2.24, 2.45) is 0 Å². The number of rotatable bonds is 2. The molecule has 0 unspecified atom stereocenters. The maximum Gasteiger partial charge on any atom is 0.179 e. The number of carbonyl (C=O) groups excluding carboxylic acids is 1. The van der Waals surface area contributed by atoms with Crippen LogP contribution in [0.2, 0.25) is 5.02 Å². The van der Waals surface area contributed by atoms with Crippen molar-refractivity contribution in [3.63, 3.8) is 0 Å². The van der Waals surface area contributed by atoms with Crippen LogP contribution in [0, 0.1) is 0 Å². The smallest absolute Gasteiger partial charge is 0.179 e. The fraction of sp³-hybridized carbons (Fsp3) is 0.250. The Morgan fingerprint density at radius 3 is 2.75 bits per heavy atom. The number of hydrogen-bond donors (Lipinski definition) is 0. The molecule has 3 nitrogen and oxygen atoms in total. The van der Waals surface area contributed by atoms with E-state index in [-0.39, 0.29) is 11.5 Å². The Morgan fingerprint density at radius 2 is 2.33 bits per heavy atom. The van der Waals surface area contributed by atoms with E-state index in [4.69, 9.17) is 16.3 Å². The summed E-state index contributed by atoms with van der Waals surface area (Å²) >= 11 is 5.74. The first-order valence-electron chi connectivity index (χ1n) is 3.35. The topological polar surface area (TPSA) is 39.2 Å². The van der Waals surface area contributed by atoms with Crippen molar-refractivity contribution in [3.8, 4) is 5.75 Å². The molecule has 1 aromatic rings. The number of Topliss-reactive ketones (excluding diaryl/α,β-unsaturated/α-hetero) is 1. The molecule has 4 heteroatoms. The molecule has 0 bridgehead atoms. The molecule has 0 radical (unpaired) electrons. The molecule has 0 N–H and O–H groups in total. The van der Waals surface area contributed by atoms with E-state index in [1.165, 1.54) is 20.2 Å². The minimum Gasteiger partial charge on any atom is -0.495 e. The maximum absolute atomic E-state index is 10.9. The Balaban J connectivity index is 3.12. The Labute approximate surface area is 75.3 Å². The second-order valence-corrected chi connectivity index (χ2v) is 2.67. The number of methoxy groups -OCH3 is 1. The van der Waals surface area contributed by atoms with Gasteiger partial charge in [0.2, 0.25) is 0 Å². The molecule has 0 aromatic carbocycles. The summed E-state index contributed by atoms with van der Waals surface area (Å²) in [7, 11) is 1.51. The van der Waals surface area contributed by atoms with Gasteiger partial charge >= 0.3 is 0 Å². The zero-order valence-corrected chi connectivity index (χ0v) is 7.55. The van der Waals surface area contributed by atoms with E-state index in [1.54, 1.807) is 6.07 Å². The molecule has 0 aliphatic rings. The molecule has 0 spiro atoms. The second kappa shape index (κ2) is 3.54. The van der Waals surface area contributed by atoms with Crippen LogP contribution in [0.1, 0.15) is 17.4 Å². The number of pyridine rings is 1. The lowest BCUT2D eigenvalue weighted by atomic mass is 10.3. The maximum atomic E-state index is 10.9. The molecule has 0 saturated heterocycles. The van der Waals surface area contributed by atoms with Crippen molar-refractivity contribution >= 4 is 17.4 Å². The van der Waals surface area contributed by atoms with Gasteiger partial charge in [-0.25, -0.2) is 4.98 Å². The number of ketones is 1. The Morgan fingerprint density at radius 1 is 1.67 bits per heavy atom. The number of halogens is 1. The highest BCUT2D eigenvalue weighted by Crippen LogP contribution is 2.19. The zero-order chi connectivity index (χ0) is 9.14. The highest BCUT2D eigenvalue weighted by Gasteiger charge is 2.07. The molecule has 0 fully saturated rings. The van der Waals surface area contributed by atoms with Crippen molar-refractivity contribution in [3.05, 3.63) is 23.0 Å². The highest BCUT2D eigenvalue weighted by atomic mass is 35.5. The van der Waals surface area contributed by atoms with Gasteiger partial charge in [-0.05, 0) is 0 Å². The minimum atomic E-state index is -0.150. The molecule has 0 atom stereocenters. The first-order valence-corrected chi connectivity index (χ1v) is 3.73. The number of carbonyl (C=O) groups is 1. The summed E-state index contributed by atoms with van der Waals surface area (Å²) in [6.45, 7) is 1.42. The highest BCUT2D eigenvalue weighted by molar-refractivity contribution is 6.33. The third-order valence-electron chi connectivity index (χ3n) is 1.39. The van der Waals surface area contributed by atoms with E-state index in [1.807, 2.05) is 0 Å². The average Bonchev–Trinajstić information content (AvgIpc) is 2.03. The largest absolute Gasteiger partial charge is 0.495 e. The van der Waals surface area contributed by atoms with E-state index >= 15 is 0 Å². The summed E-state index contributed by atoms with van der Waals surface area (Å²) < 4.78 is 4.87. The van der Waals surface area contributed by atoms with Crippen LogP contribution in [0.25, 0.3) is 0 Å². The van der Waals surface area contributed by atoms with Crippen LogP contribution >= 0.6 is 11.6 Å². The van der Waals surface area contributed by atoms with Gasteiger partial charge in [0.1, 0.15) is 11.4 Å². The zero-order valence-electron chi connectivity index (χ0n) is 6.80. The fourth-order valence-corrected chi connectivity index (χ4v) is 1.08. The lowest BCUT2D eigenvalue weighted by Gasteiger charge is -2.01. The predicted octanol–water partition coefficient (Wildman–Crippen LogP) is 1.95. The molecule has 0 saturated carbocycles. The monoisotopic (exact) mass is 185 g/mol. The van der Waals surface area contributed by atoms with Crippen LogP contribution in [0.4, 0.5) is 0 Å². The van der Waals surface area contributed by atoms with Crippen molar-refractivity contribution < 1.29 is 9.53 Å². The second-order valence-electron chi connectivity index (χ2n) is 2.26. The van der Waals surface area contributed by atoms with Gasteiger partial charge in [0.15, 0.2) is 5.78 Å². The molecule has 12 heavy (non-hydrogen) atoms. The van der Waals surface area contributed by atoms with Crippen LogP contribution in [-0.4, -0.2) is 17.9 Å². The summed E-state index contributed by atoms with van der Waals surface area (Å²) in [5, 5.41) is 0.321. The number of ether oxygens (including phenoxy) is 1. The fourth-order valence-electron chi connectivity index (χ4n) is 0.791. The molecular formula is C8H8ClNO2. The number of aromatic nitrogens is 1. The van der Waals surface area contributed by atoms with E-state index in [2.05, 4.69) is 4.98 Å². The quantitative estimate of drug-likeness (QED) is 0.661. The van der Waals surface area contributed by atoms with Crippen LogP contribution in [0.3, 0.4) is 0 Å². The van der Waals surface area contributed by atoms with Gasteiger partial charge in [-0.15, -0.1) is 0 Å². The van der Waals surface area contributed by atoms with E-state index < -0.39 is 0 Å². The Kier molecular flexibility index (Phi) is 2.65. The molecular weight excluding hydrogens is 178 g/mol. The molecule has 0 aliphatic carbocycles. The Hall–Kier alpha value is -1.09. The molecule has 64 valence electrons.